The maximum absolute atomic E-state index is 12.2. The lowest BCUT2D eigenvalue weighted by atomic mass is 9.80. The summed E-state index contributed by atoms with van der Waals surface area (Å²) in [6.45, 7) is 3.02. The molecule has 0 bridgehead atoms. The fourth-order valence-electron chi connectivity index (χ4n) is 3.23. The van der Waals surface area contributed by atoms with Crippen molar-refractivity contribution >= 4 is 0 Å². The van der Waals surface area contributed by atoms with E-state index in [0.717, 1.165) is 10.6 Å². The van der Waals surface area contributed by atoms with Crippen LogP contribution in [0.4, 0.5) is 0 Å². The van der Waals surface area contributed by atoms with E-state index in [1.807, 2.05) is 13.8 Å². The molecule has 2 rings (SSSR count). The molecule has 1 saturated heterocycles. The molecule has 0 radical (unpaired) electrons. The fraction of sp³-hybridized carbons (Fsp3) is 0.733. The zero-order chi connectivity index (χ0) is 18.1. The van der Waals surface area contributed by atoms with Crippen molar-refractivity contribution in [1.29, 1.82) is 0 Å². The van der Waals surface area contributed by atoms with Gasteiger partial charge in [-0.05, 0) is 18.8 Å². The van der Waals surface area contributed by atoms with E-state index in [0.29, 0.717) is 6.42 Å². The summed E-state index contributed by atoms with van der Waals surface area (Å²) in [6, 6.07) is 1.10. The first-order valence-corrected chi connectivity index (χ1v) is 7.93. The minimum Gasteiger partial charge on any atom is -0.394 e. The maximum Gasteiger partial charge on any atom is 0.330 e. The number of hydrogen-bond acceptors (Lipinski definition) is 7. The van der Waals surface area contributed by atoms with Crippen LogP contribution >= 0.6 is 0 Å². The first kappa shape index (κ1) is 18.8. The molecule has 0 aliphatic carbocycles. The molecule has 0 spiro atoms. The Morgan fingerprint density at radius 3 is 2.62 bits per heavy atom. The van der Waals surface area contributed by atoms with Crippen LogP contribution < -0.4 is 17.0 Å². The Hall–Kier alpha value is -1.52. The Balaban J connectivity index is 2.62. The Kier molecular flexibility index (Phi) is 5.31. The summed E-state index contributed by atoms with van der Waals surface area (Å²) < 4.78 is 6.66. The molecule has 0 saturated carbocycles. The Labute approximate surface area is 138 Å². The number of nitrogens with zero attached hydrogens (tertiary/aromatic N) is 1. The third kappa shape index (κ3) is 2.82. The molecule has 1 aromatic heterocycles. The highest BCUT2D eigenvalue weighted by molar-refractivity contribution is 5.12. The highest BCUT2D eigenvalue weighted by Gasteiger charge is 2.65. The highest BCUT2D eigenvalue weighted by Crippen LogP contribution is 2.45. The Morgan fingerprint density at radius 1 is 1.46 bits per heavy atom. The first-order valence-electron chi connectivity index (χ1n) is 7.93. The van der Waals surface area contributed by atoms with Gasteiger partial charge in [0, 0.05) is 18.8 Å². The van der Waals surface area contributed by atoms with Crippen molar-refractivity contribution in [3.63, 3.8) is 0 Å². The van der Waals surface area contributed by atoms with Crippen molar-refractivity contribution in [2.24, 2.45) is 11.7 Å². The van der Waals surface area contributed by atoms with E-state index in [1.54, 1.807) is 0 Å². The standard InChI is InChI=1S/C15H25N3O6/c1-9(2)3-5-14(23)12(21)10(7-19)24-15(14,8-16)18-6-4-11(20)17-13(18)22/h4,6,9-10,12,19,21,23H,3,5,7-8,16H2,1-2H3,(H,17,20,22)/t10-,12-,14-,15-/m1/s1. The van der Waals surface area contributed by atoms with Crippen molar-refractivity contribution in [2.45, 2.75) is 50.2 Å². The lowest BCUT2D eigenvalue weighted by molar-refractivity contribution is -0.196. The number of nitrogens with two attached hydrogens (primary N) is 1. The van der Waals surface area contributed by atoms with E-state index in [-0.39, 0.29) is 18.9 Å². The number of aromatic nitrogens is 2. The van der Waals surface area contributed by atoms with Gasteiger partial charge in [-0.2, -0.15) is 0 Å². The van der Waals surface area contributed by atoms with Crippen molar-refractivity contribution < 1.29 is 20.1 Å². The predicted molar refractivity (Wildman–Crippen MR) is 85.3 cm³/mol. The summed E-state index contributed by atoms with van der Waals surface area (Å²) in [5.74, 6) is 0.220. The van der Waals surface area contributed by atoms with Crippen LogP contribution in [0.1, 0.15) is 26.7 Å². The van der Waals surface area contributed by atoms with E-state index in [2.05, 4.69) is 4.98 Å². The second-order valence-electron chi connectivity index (χ2n) is 6.61. The average molecular weight is 343 g/mol. The molecule has 1 aliphatic heterocycles. The number of hydrogen-bond donors (Lipinski definition) is 5. The summed E-state index contributed by atoms with van der Waals surface area (Å²) in [6.07, 6.45) is -0.742. The van der Waals surface area contributed by atoms with E-state index in [4.69, 9.17) is 10.5 Å². The predicted octanol–water partition coefficient (Wildman–Crippen LogP) is -1.93. The van der Waals surface area contributed by atoms with Gasteiger partial charge in [-0.1, -0.05) is 13.8 Å². The zero-order valence-electron chi connectivity index (χ0n) is 13.8. The van der Waals surface area contributed by atoms with Gasteiger partial charge in [0.1, 0.15) is 17.8 Å². The Bertz CT molecular complexity index is 686. The number of rotatable bonds is 6. The average Bonchev–Trinajstić information content (AvgIpc) is 2.75. The van der Waals surface area contributed by atoms with Crippen LogP contribution in [0, 0.1) is 5.92 Å². The maximum atomic E-state index is 12.2. The number of ether oxygens (including phenoxy) is 1. The lowest BCUT2D eigenvalue weighted by Crippen LogP contribution is -2.64. The SMILES string of the molecule is CC(C)CC[C@@]1(O)[C@H](O)[C@@H](CO)O[C@@]1(CN)n1ccc(=O)[nH]c1=O. The molecule has 9 heteroatoms. The van der Waals surface area contributed by atoms with Gasteiger partial charge in [0.2, 0.25) is 0 Å². The van der Waals surface area contributed by atoms with Gasteiger partial charge in [-0.25, -0.2) is 4.79 Å². The molecule has 0 aromatic carbocycles. The smallest absolute Gasteiger partial charge is 0.330 e. The second kappa shape index (κ2) is 6.77. The number of aliphatic hydroxyl groups excluding tert-OH is 2. The van der Waals surface area contributed by atoms with Crippen LogP contribution in [0.2, 0.25) is 0 Å². The molecule has 6 N–H and O–H groups in total. The minimum absolute atomic E-state index is 0.102. The van der Waals surface area contributed by atoms with Gasteiger partial charge >= 0.3 is 5.69 Å². The van der Waals surface area contributed by atoms with E-state index in [9.17, 15) is 24.9 Å². The monoisotopic (exact) mass is 343 g/mol. The molecule has 136 valence electrons. The van der Waals surface area contributed by atoms with E-state index in [1.165, 1.54) is 6.20 Å². The van der Waals surface area contributed by atoms with Crippen LogP contribution in [0.3, 0.4) is 0 Å². The lowest BCUT2D eigenvalue weighted by Gasteiger charge is -2.42. The van der Waals surface area contributed by atoms with Crippen LogP contribution in [0.15, 0.2) is 21.9 Å². The third-order valence-electron chi connectivity index (χ3n) is 4.64. The van der Waals surface area contributed by atoms with Gasteiger partial charge in [0.05, 0.1) is 6.61 Å². The molecule has 24 heavy (non-hydrogen) atoms. The van der Waals surface area contributed by atoms with Crippen LogP contribution in [-0.2, 0) is 10.5 Å². The largest absolute Gasteiger partial charge is 0.394 e. The molecule has 1 aromatic rings. The van der Waals surface area contributed by atoms with E-state index >= 15 is 0 Å². The van der Waals surface area contributed by atoms with Crippen LogP contribution in [0.5, 0.6) is 0 Å². The van der Waals surface area contributed by atoms with Gasteiger partial charge in [-0.3, -0.25) is 14.3 Å². The van der Waals surface area contributed by atoms with Gasteiger partial charge in [0.25, 0.3) is 5.56 Å². The van der Waals surface area contributed by atoms with Crippen molar-refractivity contribution in [1.82, 2.24) is 9.55 Å². The number of H-pyrrole nitrogens is 1. The first-order chi connectivity index (χ1) is 11.2. The van der Waals surface area contributed by atoms with Gasteiger partial charge < -0.3 is 25.8 Å². The molecule has 2 heterocycles. The quantitative estimate of drug-likeness (QED) is 0.403. The normalized spacial score (nSPS) is 33.3. The number of aromatic amines is 1. The van der Waals surface area contributed by atoms with Crippen molar-refractivity contribution in [3.8, 4) is 0 Å². The zero-order valence-corrected chi connectivity index (χ0v) is 13.8. The topological polar surface area (TPSA) is 151 Å². The molecule has 0 unspecified atom stereocenters. The highest BCUT2D eigenvalue weighted by atomic mass is 16.6. The second-order valence-corrected chi connectivity index (χ2v) is 6.61. The van der Waals surface area contributed by atoms with Crippen LogP contribution in [-0.4, -0.2) is 55.8 Å². The summed E-state index contributed by atoms with van der Waals surface area (Å²) in [5, 5.41) is 31.2. The summed E-state index contributed by atoms with van der Waals surface area (Å²) in [5.41, 5.74) is 0.719. The molecular formula is C15H25N3O6. The molecule has 1 aliphatic rings. The van der Waals surface area contributed by atoms with Gasteiger partial charge in [-0.15, -0.1) is 0 Å². The molecular weight excluding hydrogens is 318 g/mol. The van der Waals surface area contributed by atoms with Crippen molar-refractivity contribution in [3.05, 3.63) is 33.1 Å². The summed E-state index contributed by atoms with van der Waals surface area (Å²) in [7, 11) is 0. The molecule has 9 nitrogen and oxygen atoms in total. The number of nitrogens with one attached hydrogen (secondary N) is 1. The fourth-order valence-corrected chi connectivity index (χ4v) is 3.23. The summed E-state index contributed by atoms with van der Waals surface area (Å²) in [4.78, 5) is 25.6. The van der Waals surface area contributed by atoms with Crippen molar-refractivity contribution in [2.75, 3.05) is 13.2 Å². The van der Waals surface area contributed by atoms with Gasteiger partial charge in [0.15, 0.2) is 5.72 Å². The number of aliphatic hydroxyl groups is 3. The molecule has 4 atom stereocenters. The van der Waals surface area contributed by atoms with E-state index < -0.39 is 41.4 Å². The minimum atomic E-state index is -1.90. The summed E-state index contributed by atoms with van der Waals surface area (Å²) >= 11 is 0. The van der Waals surface area contributed by atoms with Crippen LogP contribution in [0.25, 0.3) is 0 Å². The molecule has 1 fully saturated rings. The Morgan fingerprint density at radius 2 is 2.12 bits per heavy atom. The molecule has 0 amide bonds. The third-order valence-corrected chi connectivity index (χ3v) is 4.64.